The Kier molecular flexibility index (Phi) is 6.43. The number of benzene rings is 1. The number of carbonyl (C=O) groups excluding carboxylic acids is 2. The average Bonchev–Trinajstić information content (AvgIpc) is 2.44. The maximum atomic E-state index is 11.5. The minimum atomic E-state index is -0.390. The number of ether oxygens (including phenoxy) is 2. The van der Waals surface area contributed by atoms with Crippen molar-refractivity contribution in [2.75, 3.05) is 19.0 Å². The minimum absolute atomic E-state index is 0.0834. The third-order valence-corrected chi connectivity index (χ3v) is 2.39. The van der Waals surface area contributed by atoms with Crippen molar-refractivity contribution in [3.8, 4) is 5.75 Å². The molecule has 0 aliphatic heterocycles. The van der Waals surface area contributed by atoms with Crippen molar-refractivity contribution < 1.29 is 19.1 Å². The van der Waals surface area contributed by atoms with Gasteiger partial charge in [0.15, 0.2) is 0 Å². The van der Waals surface area contributed by atoms with Crippen LogP contribution in [0.5, 0.6) is 5.75 Å². The molecule has 0 saturated heterocycles. The van der Waals surface area contributed by atoms with Crippen LogP contribution in [0.4, 0.5) is 5.69 Å². The largest absolute Gasteiger partial charge is 0.494 e. The van der Waals surface area contributed by atoms with Gasteiger partial charge in [-0.1, -0.05) is 6.92 Å². The Labute approximate surface area is 112 Å². The molecule has 0 unspecified atom stereocenters. The van der Waals surface area contributed by atoms with Crippen LogP contribution in [0, 0.1) is 0 Å². The summed E-state index contributed by atoms with van der Waals surface area (Å²) in [5.74, 6) is 0.167. The monoisotopic (exact) mass is 265 g/mol. The van der Waals surface area contributed by atoms with Gasteiger partial charge in [0, 0.05) is 12.1 Å². The number of hydrogen-bond acceptors (Lipinski definition) is 4. The minimum Gasteiger partial charge on any atom is -0.494 e. The van der Waals surface area contributed by atoms with E-state index in [1.807, 2.05) is 6.92 Å². The van der Waals surface area contributed by atoms with Crippen molar-refractivity contribution in [1.82, 2.24) is 0 Å². The molecule has 104 valence electrons. The van der Waals surface area contributed by atoms with Gasteiger partial charge in [-0.3, -0.25) is 9.59 Å². The Hall–Kier alpha value is -2.04. The van der Waals surface area contributed by atoms with Gasteiger partial charge < -0.3 is 14.8 Å². The fourth-order valence-corrected chi connectivity index (χ4v) is 1.40. The lowest BCUT2D eigenvalue weighted by Gasteiger charge is -2.07. The van der Waals surface area contributed by atoms with E-state index in [9.17, 15) is 9.59 Å². The van der Waals surface area contributed by atoms with Crippen molar-refractivity contribution in [2.45, 2.75) is 26.2 Å². The number of esters is 1. The molecule has 0 atom stereocenters. The predicted molar refractivity (Wildman–Crippen MR) is 72.1 cm³/mol. The molecule has 0 spiro atoms. The molecule has 0 radical (unpaired) electrons. The van der Waals surface area contributed by atoms with Crippen LogP contribution in [-0.4, -0.2) is 25.6 Å². The van der Waals surface area contributed by atoms with E-state index in [1.165, 1.54) is 7.11 Å². The van der Waals surface area contributed by atoms with E-state index in [2.05, 4.69) is 10.1 Å². The SMILES string of the molecule is CCCOc1ccc(NC(=O)CCC(=O)OC)cc1. The molecule has 1 amide bonds. The third-order valence-electron chi connectivity index (χ3n) is 2.39. The maximum Gasteiger partial charge on any atom is 0.306 e. The highest BCUT2D eigenvalue weighted by Gasteiger charge is 2.07. The highest BCUT2D eigenvalue weighted by atomic mass is 16.5. The quantitative estimate of drug-likeness (QED) is 0.769. The number of carbonyl (C=O) groups is 2. The summed E-state index contributed by atoms with van der Waals surface area (Å²) >= 11 is 0. The lowest BCUT2D eigenvalue weighted by Crippen LogP contribution is -2.13. The van der Waals surface area contributed by atoms with Crippen LogP contribution < -0.4 is 10.1 Å². The van der Waals surface area contributed by atoms with E-state index < -0.39 is 5.97 Å². The molecule has 0 bridgehead atoms. The standard InChI is InChI=1S/C14H19NO4/c1-3-10-19-12-6-4-11(5-7-12)15-13(16)8-9-14(17)18-2/h4-7H,3,8-10H2,1-2H3,(H,15,16). The van der Waals surface area contributed by atoms with Gasteiger partial charge >= 0.3 is 5.97 Å². The molecule has 19 heavy (non-hydrogen) atoms. The Morgan fingerprint density at radius 3 is 2.42 bits per heavy atom. The van der Waals surface area contributed by atoms with Crippen molar-refractivity contribution in [3.63, 3.8) is 0 Å². The second-order valence-corrected chi connectivity index (χ2v) is 4.00. The molecule has 0 saturated carbocycles. The summed E-state index contributed by atoms with van der Waals surface area (Å²) < 4.78 is 9.90. The Morgan fingerprint density at radius 1 is 1.16 bits per heavy atom. The number of nitrogens with one attached hydrogen (secondary N) is 1. The van der Waals surface area contributed by atoms with E-state index in [0.717, 1.165) is 12.2 Å². The first-order chi connectivity index (χ1) is 9.15. The number of anilines is 1. The zero-order valence-electron chi connectivity index (χ0n) is 11.3. The van der Waals surface area contributed by atoms with Crippen LogP contribution in [-0.2, 0) is 14.3 Å². The third kappa shape index (κ3) is 5.90. The molecular weight excluding hydrogens is 246 g/mol. The van der Waals surface area contributed by atoms with Crippen molar-refractivity contribution in [1.29, 1.82) is 0 Å². The first-order valence-corrected chi connectivity index (χ1v) is 6.25. The zero-order chi connectivity index (χ0) is 14.1. The molecule has 0 fully saturated rings. The molecule has 1 rings (SSSR count). The molecule has 0 aliphatic rings. The second-order valence-electron chi connectivity index (χ2n) is 4.00. The van der Waals surface area contributed by atoms with E-state index in [0.29, 0.717) is 12.3 Å². The van der Waals surface area contributed by atoms with Gasteiger partial charge in [0.1, 0.15) is 5.75 Å². The van der Waals surface area contributed by atoms with E-state index in [4.69, 9.17) is 4.74 Å². The van der Waals surface area contributed by atoms with Crippen LogP contribution >= 0.6 is 0 Å². The molecule has 5 heteroatoms. The van der Waals surface area contributed by atoms with E-state index in [-0.39, 0.29) is 18.7 Å². The summed E-state index contributed by atoms with van der Waals surface area (Å²) in [5.41, 5.74) is 0.679. The fourth-order valence-electron chi connectivity index (χ4n) is 1.40. The molecular formula is C14H19NO4. The zero-order valence-corrected chi connectivity index (χ0v) is 11.3. The summed E-state index contributed by atoms with van der Waals surface area (Å²) in [5, 5.41) is 2.70. The smallest absolute Gasteiger partial charge is 0.306 e. The molecule has 0 heterocycles. The van der Waals surface area contributed by atoms with Gasteiger partial charge in [-0.25, -0.2) is 0 Å². The van der Waals surface area contributed by atoms with Crippen molar-refractivity contribution in [3.05, 3.63) is 24.3 Å². The number of methoxy groups -OCH3 is 1. The molecule has 0 aliphatic carbocycles. The van der Waals surface area contributed by atoms with Gasteiger partial charge in [0.2, 0.25) is 5.91 Å². The number of hydrogen-bond donors (Lipinski definition) is 1. The maximum absolute atomic E-state index is 11.5. The van der Waals surface area contributed by atoms with Gasteiger partial charge in [-0.05, 0) is 30.7 Å². The topological polar surface area (TPSA) is 64.6 Å². The predicted octanol–water partition coefficient (Wildman–Crippen LogP) is 2.37. The molecule has 1 aromatic rings. The van der Waals surface area contributed by atoms with Gasteiger partial charge in [0.05, 0.1) is 20.1 Å². The van der Waals surface area contributed by atoms with Gasteiger partial charge in [-0.2, -0.15) is 0 Å². The second kappa shape index (κ2) is 8.13. The average molecular weight is 265 g/mol. The first-order valence-electron chi connectivity index (χ1n) is 6.25. The summed E-state index contributed by atoms with van der Waals surface area (Å²) in [4.78, 5) is 22.4. The molecule has 0 aromatic heterocycles. The fraction of sp³-hybridized carbons (Fsp3) is 0.429. The number of rotatable bonds is 7. The summed E-state index contributed by atoms with van der Waals surface area (Å²) in [6.45, 7) is 2.71. The van der Waals surface area contributed by atoms with Crippen LogP contribution in [0.2, 0.25) is 0 Å². The lowest BCUT2D eigenvalue weighted by molar-refractivity contribution is -0.141. The first kappa shape index (κ1) is 15.0. The van der Waals surface area contributed by atoms with E-state index in [1.54, 1.807) is 24.3 Å². The summed E-state index contributed by atoms with van der Waals surface area (Å²) in [6, 6.07) is 7.12. The Bertz CT molecular complexity index is 414. The summed E-state index contributed by atoms with van der Waals surface area (Å²) in [7, 11) is 1.30. The van der Waals surface area contributed by atoms with E-state index >= 15 is 0 Å². The molecule has 5 nitrogen and oxygen atoms in total. The van der Waals surface area contributed by atoms with Crippen LogP contribution in [0.3, 0.4) is 0 Å². The molecule has 1 N–H and O–H groups in total. The normalized spacial score (nSPS) is 9.79. The highest BCUT2D eigenvalue weighted by Crippen LogP contribution is 2.16. The van der Waals surface area contributed by atoms with Gasteiger partial charge in [-0.15, -0.1) is 0 Å². The highest BCUT2D eigenvalue weighted by molar-refractivity contribution is 5.92. The Balaban J connectivity index is 2.40. The van der Waals surface area contributed by atoms with Crippen molar-refractivity contribution in [2.24, 2.45) is 0 Å². The lowest BCUT2D eigenvalue weighted by atomic mass is 10.2. The molecule has 1 aromatic carbocycles. The van der Waals surface area contributed by atoms with Crippen molar-refractivity contribution >= 4 is 17.6 Å². The van der Waals surface area contributed by atoms with Gasteiger partial charge in [0.25, 0.3) is 0 Å². The summed E-state index contributed by atoms with van der Waals surface area (Å²) in [6.07, 6.45) is 1.15. The van der Waals surface area contributed by atoms with Crippen LogP contribution in [0.1, 0.15) is 26.2 Å². The van der Waals surface area contributed by atoms with Crippen LogP contribution in [0.25, 0.3) is 0 Å². The van der Waals surface area contributed by atoms with Crippen LogP contribution in [0.15, 0.2) is 24.3 Å². The Morgan fingerprint density at radius 2 is 1.84 bits per heavy atom. The number of amides is 1.